The Balaban J connectivity index is 2.09. The SMILES string of the molecule is CC(C)(O)CS(=O)(=O)c1ccc2c(c1)nc(C(C)(C)C)n2CC1CC1. The van der Waals surface area contributed by atoms with E-state index < -0.39 is 15.4 Å². The van der Waals surface area contributed by atoms with Crippen LogP contribution in [-0.2, 0) is 21.8 Å². The Bertz CT molecular complexity index is 895. The Morgan fingerprint density at radius 1 is 1.20 bits per heavy atom. The molecule has 1 aromatic carbocycles. The summed E-state index contributed by atoms with van der Waals surface area (Å²) in [5.74, 6) is 1.39. The van der Waals surface area contributed by atoms with E-state index in [1.54, 1.807) is 12.1 Å². The minimum atomic E-state index is -3.56. The summed E-state index contributed by atoms with van der Waals surface area (Å²) in [7, 11) is -3.56. The van der Waals surface area contributed by atoms with Crippen molar-refractivity contribution in [3.05, 3.63) is 24.0 Å². The molecular weight excluding hydrogens is 336 g/mol. The molecule has 1 aliphatic carbocycles. The molecule has 0 unspecified atom stereocenters. The third-order valence-electron chi connectivity index (χ3n) is 4.43. The lowest BCUT2D eigenvalue weighted by Crippen LogP contribution is -2.30. The summed E-state index contributed by atoms with van der Waals surface area (Å²) >= 11 is 0. The van der Waals surface area contributed by atoms with E-state index in [9.17, 15) is 13.5 Å². The van der Waals surface area contributed by atoms with Crippen molar-refractivity contribution in [1.82, 2.24) is 9.55 Å². The van der Waals surface area contributed by atoms with Gasteiger partial charge >= 0.3 is 0 Å². The molecule has 0 radical (unpaired) electrons. The number of aliphatic hydroxyl groups is 1. The van der Waals surface area contributed by atoms with Crippen LogP contribution in [0.3, 0.4) is 0 Å². The monoisotopic (exact) mass is 364 g/mol. The summed E-state index contributed by atoms with van der Waals surface area (Å²) in [5, 5.41) is 9.89. The third kappa shape index (κ3) is 4.06. The number of aromatic nitrogens is 2. The molecule has 3 rings (SSSR count). The van der Waals surface area contributed by atoms with Gasteiger partial charge in [-0.1, -0.05) is 20.8 Å². The molecule has 6 heteroatoms. The van der Waals surface area contributed by atoms with E-state index in [1.165, 1.54) is 26.7 Å². The van der Waals surface area contributed by atoms with E-state index in [-0.39, 0.29) is 16.1 Å². The van der Waals surface area contributed by atoms with Gasteiger partial charge in [0, 0.05) is 12.0 Å². The second-order valence-corrected chi connectivity index (χ2v) is 11.0. The molecule has 25 heavy (non-hydrogen) atoms. The normalized spacial score (nSPS) is 16.6. The fourth-order valence-corrected chi connectivity index (χ4v) is 4.83. The van der Waals surface area contributed by atoms with Crippen LogP contribution in [0.25, 0.3) is 11.0 Å². The van der Waals surface area contributed by atoms with Crippen molar-refractivity contribution in [2.75, 3.05) is 5.75 Å². The topological polar surface area (TPSA) is 72.2 Å². The molecule has 1 aromatic heterocycles. The van der Waals surface area contributed by atoms with Gasteiger partial charge in [-0.25, -0.2) is 13.4 Å². The highest BCUT2D eigenvalue weighted by Gasteiger charge is 2.30. The van der Waals surface area contributed by atoms with Crippen molar-refractivity contribution in [1.29, 1.82) is 0 Å². The second kappa shape index (κ2) is 5.81. The van der Waals surface area contributed by atoms with Crippen molar-refractivity contribution in [3.8, 4) is 0 Å². The Hall–Kier alpha value is -1.40. The predicted molar refractivity (Wildman–Crippen MR) is 99.5 cm³/mol. The zero-order chi connectivity index (χ0) is 18.6. The van der Waals surface area contributed by atoms with E-state index in [0.717, 1.165) is 17.9 Å². The highest BCUT2D eigenvalue weighted by molar-refractivity contribution is 7.91. The first-order valence-corrected chi connectivity index (χ1v) is 10.5. The molecule has 0 atom stereocenters. The first-order chi connectivity index (χ1) is 11.4. The van der Waals surface area contributed by atoms with E-state index in [2.05, 4.69) is 25.3 Å². The van der Waals surface area contributed by atoms with E-state index in [1.807, 2.05) is 6.07 Å². The standard InChI is InChI=1S/C19H28N2O3S/c1-18(2,3)17-20-15-10-14(25(23,24)12-19(4,5)22)8-9-16(15)21(17)11-13-6-7-13/h8-10,13,22H,6-7,11-12H2,1-5H3. The van der Waals surface area contributed by atoms with Gasteiger partial charge in [-0.3, -0.25) is 0 Å². The average molecular weight is 365 g/mol. The minimum absolute atomic E-state index is 0.111. The maximum absolute atomic E-state index is 12.6. The van der Waals surface area contributed by atoms with Crippen LogP contribution in [0.4, 0.5) is 0 Å². The summed E-state index contributed by atoms with van der Waals surface area (Å²) in [4.78, 5) is 4.99. The smallest absolute Gasteiger partial charge is 0.181 e. The fraction of sp³-hybridized carbons (Fsp3) is 0.632. The largest absolute Gasteiger partial charge is 0.389 e. The molecule has 138 valence electrons. The summed E-state index contributed by atoms with van der Waals surface area (Å²) in [6.45, 7) is 10.3. The third-order valence-corrected chi connectivity index (χ3v) is 6.49. The molecule has 1 aliphatic rings. The highest BCUT2D eigenvalue weighted by atomic mass is 32.2. The predicted octanol–water partition coefficient (Wildman–Crippen LogP) is 3.29. The van der Waals surface area contributed by atoms with Crippen molar-refractivity contribution >= 4 is 20.9 Å². The van der Waals surface area contributed by atoms with Crippen LogP contribution in [0.2, 0.25) is 0 Å². The zero-order valence-electron chi connectivity index (χ0n) is 15.7. The number of sulfone groups is 1. The van der Waals surface area contributed by atoms with Crippen molar-refractivity contribution in [2.24, 2.45) is 5.92 Å². The van der Waals surface area contributed by atoms with Crippen LogP contribution < -0.4 is 0 Å². The summed E-state index contributed by atoms with van der Waals surface area (Å²) in [6.07, 6.45) is 2.50. The molecule has 0 aliphatic heterocycles. The van der Waals surface area contributed by atoms with Crippen molar-refractivity contribution < 1.29 is 13.5 Å². The van der Waals surface area contributed by atoms with Crippen molar-refractivity contribution in [2.45, 2.75) is 69.9 Å². The molecule has 1 N–H and O–H groups in total. The van der Waals surface area contributed by atoms with Crippen LogP contribution >= 0.6 is 0 Å². The van der Waals surface area contributed by atoms with Crippen LogP contribution in [0.15, 0.2) is 23.1 Å². The lowest BCUT2D eigenvalue weighted by Gasteiger charge is -2.20. The lowest BCUT2D eigenvalue weighted by molar-refractivity contribution is 0.105. The molecule has 1 heterocycles. The number of benzene rings is 1. The maximum Gasteiger partial charge on any atom is 0.181 e. The van der Waals surface area contributed by atoms with Crippen LogP contribution in [0.5, 0.6) is 0 Å². The van der Waals surface area contributed by atoms with Crippen LogP contribution in [0, 0.1) is 5.92 Å². The van der Waals surface area contributed by atoms with E-state index >= 15 is 0 Å². The minimum Gasteiger partial charge on any atom is -0.389 e. The molecule has 0 amide bonds. The number of nitrogens with zero attached hydrogens (tertiary/aromatic N) is 2. The average Bonchev–Trinajstić information content (AvgIpc) is 3.15. The number of fused-ring (bicyclic) bond motifs is 1. The van der Waals surface area contributed by atoms with Gasteiger partial charge in [0.1, 0.15) is 5.82 Å². The zero-order valence-corrected chi connectivity index (χ0v) is 16.5. The number of rotatable bonds is 5. The van der Waals surface area contributed by atoms with Crippen LogP contribution in [0.1, 0.15) is 53.3 Å². The van der Waals surface area contributed by atoms with Gasteiger partial charge in [0.25, 0.3) is 0 Å². The number of hydrogen-bond donors (Lipinski definition) is 1. The van der Waals surface area contributed by atoms with E-state index in [4.69, 9.17) is 4.98 Å². The summed E-state index contributed by atoms with van der Waals surface area (Å²) < 4.78 is 27.4. The van der Waals surface area contributed by atoms with Gasteiger partial charge in [0.05, 0.1) is 27.3 Å². The molecule has 1 saturated carbocycles. The van der Waals surface area contributed by atoms with Gasteiger partial charge in [-0.05, 0) is 50.8 Å². The van der Waals surface area contributed by atoms with Crippen LogP contribution in [-0.4, -0.2) is 34.4 Å². The molecule has 5 nitrogen and oxygen atoms in total. The summed E-state index contributed by atoms with van der Waals surface area (Å²) in [6, 6.07) is 5.15. The molecular formula is C19H28N2O3S. The Kier molecular flexibility index (Phi) is 4.27. The van der Waals surface area contributed by atoms with Crippen molar-refractivity contribution in [3.63, 3.8) is 0 Å². The summed E-state index contributed by atoms with van der Waals surface area (Å²) in [5.41, 5.74) is 0.317. The molecule has 2 aromatic rings. The first-order valence-electron chi connectivity index (χ1n) is 8.83. The maximum atomic E-state index is 12.6. The Morgan fingerprint density at radius 2 is 1.84 bits per heavy atom. The quantitative estimate of drug-likeness (QED) is 0.884. The molecule has 0 spiro atoms. The van der Waals surface area contributed by atoms with Gasteiger partial charge in [0.15, 0.2) is 9.84 Å². The molecule has 0 bridgehead atoms. The Morgan fingerprint density at radius 3 is 2.36 bits per heavy atom. The van der Waals surface area contributed by atoms with Gasteiger partial charge < -0.3 is 9.67 Å². The Labute approximate surface area is 150 Å². The highest BCUT2D eigenvalue weighted by Crippen LogP contribution is 2.35. The second-order valence-electron chi connectivity index (χ2n) is 8.96. The van der Waals surface area contributed by atoms with E-state index in [0.29, 0.717) is 11.4 Å². The molecule has 1 fully saturated rings. The van der Waals surface area contributed by atoms with Gasteiger partial charge in [0.2, 0.25) is 0 Å². The van der Waals surface area contributed by atoms with Gasteiger partial charge in [-0.2, -0.15) is 0 Å². The number of imidazole rings is 1. The lowest BCUT2D eigenvalue weighted by atomic mass is 9.95. The first kappa shape index (κ1) is 18.4. The fourth-order valence-electron chi connectivity index (χ4n) is 3.17. The number of hydrogen-bond acceptors (Lipinski definition) is 4. The van der Waals surface area contributed by atoms with Gasteiger partial charge in [-0.15, -0.1) is 0 Å². The molecule has 0 saturated heterocycles.